The van der Waals surface area contributed by atoms with Gasteiger partial charge in [0, 0.05) is 13.1 Å². The molecule has 0 aromatic heterocycles. The summed E-state index contributed by atoms with van der Waals surface area (Å²) in [6, 6.07) is 5.60. The molecule has 0 radical (unpaired) electrons. The number of nitrogens with zero attached hydrogens (tertiary/aromatic N) is 1. The lowest BCUT2D eigenvalue weighted by Gasteiger charge is -2.29. The molecule has 1 saturated heterocycles. The van der Waals surface area contributed by atoms with E-state index in [1.807, 2.05) is 12.1 Å². The summed E-state index contributed by atoms with van der Waals surface area (Å²) in [7, 11) is 0. The molecule has 0 bridgehead atoms. The Labute approximate surface area is 112 Å². The van der Waals surface area contributed by atoms with Crippen molar-refractivity contribution in [2.75, 3.05) is 18.0 Å². The fraction of sp³-hybridized carbons (Fsp3) is 0.500. The third-order valence-corrected chi connectivity index (χ3v) is 3.84. The molecule has 18 heavy (non-hydrogen) atoms. The Morgan fingerprint density at radius 2 is 2.00 bits per heavy atom. The molecule has 98 valence electrons. The van der Waals surface area contributed by atoms with Gasteiger partial charge in [0.05, 0.1) is 16.6 Å². The first-order valence-electron chi connectivity index (χ1n) is 6.37. The van der Waals surface area contributed by atoms with Gasteiger partial charge in [-0.1, -0.05) is 17.7 Å². The molecule has 1 aliphatic rings. The number of carboxylic acid groups (broad SMARTS) is 1. The van der Waals surface area contributed by atoms with E-state index in [4.69, 9.17) is 16.7 Å². The van der Waals surface area contributed by atoms with Crippen molar-refractivity contribution in [1.29, 1.82) is 0 Å². The summed E-state index contributed by atoms with van der Waals surface area (Å²) in [5.74, 6) is -1.34. The van der Waals surface area contributed by atoms with Crippen LogP contribution in [0.4, 0.5) is 5.69 Å². The van der Waals surface area contributed by atoms with Crippen molar-refractivity contribution in [1.82, 2.24) is 0 Å². The molecule has 1 aromatic rings. The van der Waals surface area contributed by atoms with Crippen molar-refractivity contribution in [3.05, 3.63) is 28.8 Å². The van der Waals surface area contributed by atoms with Crippen LogP contribution in [0.25, 0.3) is 0 Å². The van der Waals surface area contributed by atoms with Gasteiger partial charge in [0.2, 0.25) is 0 Å². The number of anilines is 1. The largest absolute Gasteiger partial charge is 0.481 e. The van der Waals surface area contributed by atoms with E-state index in [0.29, 0.717) is 5.02 Å². The van der Waals surface area contributed by atoms with Crippen LogP contribution in [0.2, 0.25) is 5.02 Å². The van der Waals surface area contributed by atoms with Gasteiger partial charge < -0.3 is 10.0 Å². The summed E-state index contributed by atoms with van der Waals surface area (Å²) < 4.78 is 0. The minimum Gasteiger partial charge on any atom is -0.481 e. The highest BCUT2D eigenvalue weighted by Crippen LogP contribution is 2.31. The summed E-state index contributed by atoms with van der Waals surface area (Å²) >= 11 is 6.28. The topological polar surface area (TPSA) is 40.5 Å². The van der Waals surface area contributed by atoms with Gasteiger partial charge in [0.25, 0.3) is 0 Å². The highest BCUT2D eigenvalue weighted by atomic mass is 35.5. The van der Waals surface area contributed by atoms with E-state index in [1.165, 1.54) is 19.3 Å². The molecule has 3 nitrogen and oxygen atoms in total. The van der Waals surface area contributed by atoms with E-state index in [0.717, 1.165) is 24.3 Å². The summed E-state index contributed by atoms with van der Waals surface area (Å²) in [5, 5.41) is 9.65. The minimum atomic E-state index is -0.822. The molecule has 1 aromatic carbocycles. The second kappa shape index (κ2) is 5.61. The van der Waals surface area contributed by atoms with Crippen LogP contribution < -0.4 is 4.90 Å². The SMILES string of the molecule is C[C@@H](C(=O)O)c1ccc(N2CCCCC2)c(Cl)c1. The smallest absolute Gasteiger partial charge is 0.310 e. The Balaban J connectivity index is 2.21. The van der Waals surface area contributed by atoms with Crippen molar-refractivity contribution >= 4 is 23.3 Å². The third kappa shape index (κ3) is 2.78. The van der Waals surface area contributed by atoms with Crippen LogP contribution in [-0.4, -0.2) is 24.2 Å². The summed E-state index contributed by atoms with van der Waals surface area (Å²) in [6.07, 6.45) is 3.68. The number of hydrogen-bond donors (Lipinski definition) is 1. The number of benzene rings is 1. The van der Waals surface area contributed by atoms with Gasteiger partial charge in [-0.05, 0) is 43.9 Å². The minimum absolute atomic E-state index is 0.516. The van der Waals surface area contributed by atoms with E-state index in [9.17, 15) is 4.79 Å². The fourth-order valence-electron chi connectivity index (χ4n) is 2.33. The average molecular weight is 268 g/mol. The lowest BCUT2D eigenvalue weighted by atomic mass is 10.0. The molecule has 0 aliphatic carbocycles. The zero-order valence-electron chi connectivity index (χ0n) is 10.5. The molecular weight excluding hydrogens is 250 g/mol. The summed E-state index contributed by atoms with van der Waals surface area (Å²) in [4.78, 5) is 13.2. The Hall–Kier alpha value is -1.22. The monoisotopic (exact) mass is 267 g/mol. The van der Waals surface area contributed by atoms with E-state index < -0.39 is 11.9 Å². The average Bonchev–Trinajstić information content (AvgIpc) is 2.38. The van der Waals surface area contributed by atoms with Crippen molar-refractivity contribution in [3.8, 4) is 0 Å². The Kier molecular flexibility index (Phi) is 4.12. The zero-order chi connectivity index (χ0) is 13.1. The first-order valence-corrected chi connectivity index (χ1v) is 6.74. The van der Waals surface area contributed by atoms with Gasteiger partial charge in [-0.15, -0.1) is 0 Å². The number of piperidine rings is 1. The van der Waals surface area contributed by atoms with Gasteiger partial charge in [-0.3, -0.25) is 4.79 Å². The number of rotatable bonds is 3. The quantitative estimate of drug-likeness (QED) is 0.911. The molecule has 0 unspecified atom stereocenters. The lowest BCUT2D eigenvalue weighted by Crippen LogP contribution is -2.29. The first-order chi connectivity index (χ1) is 8.59. The number of carbonyl (C=O) groups is 1. The first kappa shape index (κ1) is 13.2. The van der Waals surface area contributed by atoms with Gasteiger partial charge in [0.15, 0.2) is 0 Å². The van der Waals surface area contributed by atoms with E-state index >= 15 is 0 Å². The van der Waals surface area contributed by atoms with Gasteiger partial charge in [-0.25, -0.2) is 0 Å². The fourth-order valence-corrected chi connectivity index (χ4v) is 2.63. The molecule has 1 atom stereocenters. The maximum absolute atomic E-state index is 10.9. The van der Waals surface area contributed by atoms with Crippen LogP contribution in [-0.2, 0) is 4.79 Å². The van der Waals surface area contributed by atoms with E-state index in [1.54, 1.807) is 13.0 Å². The number of hydrogen-bond acceptors (Lipinski definition) is 2. The molecule has 1 aliphatic heterocycles. The number of halogens is 1. The maximum atomic E-state index is 10.9. The predicted molar refractivity (Wildman–Crippen MR) is 73.6 cm³/mol. The highest BCUT2D eigenvalue weighted by Gasteiger charge is 2.18. The van der Waals surface area contributed by atoms with E-state index in [-0.39, 0.29) is 0 Å². The van der Waals surface area contributed by atoms with Crippen LogP contribution in [0, 0.1) is 0 Å². The number of aliphatic carboxylic acids is 1. The Morgan fingerprint density at radius 3 is 2.56 bits per heavy atom. The third-order valence-electron chi connectivity index (χ3n) is 3.54. The van der Waals surface area contributed by atoms with Crippen LogP contribution >= 0.6 is 11.6 Å². The molecule has 1 N–H and O–H groups in total. The maximum Gasteiger partial charge on any atom is 0.310 e. The van der Waals surface area contributed by atoms with Crippen LogP contribution in [0.5, 0.6) is 0 Å². The molecular formula is C14H18ClNO2. The molecule has 0 saturated carbocycles. The second-order valence-electron chi connectivity index (χ2n) is 4.82. The van der Waals surface area contributed by atoms with E-state index in [2.05, 4.69) is 4.90 Å². The predicted octanol–water partition coefficient (Wildman–Crippen LogP) is 3.52. The second-order valence-corrected chi connectivity index (χ2v) is 5.23. The van der Waals surface area contributed by atoms with Crippen molar-refractivity contribution < 1.29 is 9.90 Å². The normalized spacial score (nSPS) is 17.6. The highest BCUT2D eigenvalue weighted by molar-refractivity contribution is 6.33. The Bertz CT molecular complexity index is 441. The zero-order valence-corrected chi connectivity index (χ0v) is 11.3. The number of carboxylic acids is 1. The van der Waals surface area contributed by atoms with Gasteiger partial charge in [-0.2, -0.15) is 0 Å². The van der Waals surface area contributed by atoms with Crippen LogP contribution in [0.1, 0.15) is 37.7 Å². The van der Waals surface area contributed by atoms with Crippen LogP contribution in [0.15, 0.2) is 18.2 Å². The molecule has 4 heteroatoms. The molecule has 0 spiro atoms. The van der Waals surface area contributed by atoms with Crippen molar-refractivity contribution in [2.45, 2.75) is 32.1 Å². The molecule has 0 amide bonds. The van der Waals surface area contributed by atoms with Crippen molar-refractivity contribution in [2.24, 2.45) is 0 Å². The molecule has 1 heterocycles. The van der Waals surface area contributed by atoms with Gasteiger partial charge >= 0.3 is 5.97 Å². The summed E-state index contributed by atoms with van der Waals surface area (Å²) in [5.41, 5.74) is 1.78. The summed E-state index contributed by atoms with van der Waals surface area (Å²) in [6.45, 7) is 3.75. The van der Waals surface area contributed by atoms with Gasteiger partial charge in [0.1, 0.15) is 0 Å². The lowest BCUT2D eigenvalue weighted by molar-refractivity contribution is -0.138. The molecule has 2 rings (SSSR count). The standard InChI is InChI=1S/C14H18ClNO2/c1-10(14(17)18)11-5-6-13(12(15)9-11)16-7-3-2-4-8-16/h5-6,9-10H,2-4,7-8H2,1H3,(H,17,18)/t10-/m1/s1. The molecule has 1 fully saturated rings. The van der Waals surface area contributed by atoms with Crippen LogP contribution in [0.3, 0.4) is 0 Å². The van der Waals surface area contributed by atoms with Crippen molar-refractivity contribution in [3.63, 3.8) is 0 Å². The Morgan fingerprint density at radius 1 is 1.33 bits per heavy atom.